The van der Waals surface area contributed by atoms with E-state index in [0.29, 0.717) is 18.2 Å². The molecule has 2 atom stereocenters. The summed E-state index contributed by atoms with van der Waals surface area (Å²) in [7, 11) is 0. The van der Waals surface area contributed by atoms with Crippen molar-refractivity contribution in [3.63, 3.8) is 0 Å². The predicted molar refractivity (Wildman–Crippen MR) is 80.3 cm³/mol. The maximum absolute atomic E-state index is 12.5. The number of rotatable bonds is 1. The number of carbonyl (C=O) groups excluding carboxylic acids is 1. The van der Waals surface area contributed by atoms with Gasteiger partial charge in [0.1, 0.15) is 5.58 Å². The maximum Gasteiger partial charge on any atom is 0.289 e. The second-order valence-electron chi connectivity index (χ2n) is 5.69. The van der Waals surface area contributed by atoms with Crippen LogP contribution in [0.4, 0.5) is 0 Å². The van der Waals surface area contributed by atoms with E-state index in [-0.39, 0.29) is 11.3 Å². The van der Waals surface area contributed by atoms with Crippen molar-refractivity contribution in [2.75, 3.05) is 13.1 Å². The molecule has 3 rings (SSSR count). The van der Waals surface area contributed by atoms with E-state index in [1.165, 1.54) is 0 Å². The first-order chi connectivity index (χ1) is 9.54. The van der Waals surface area contributed by atoms with Crippen LogP contribution in [-0.4, -0.2) is 29.3 Å². The highest BCUT2D eigenvalue weighted by Gasteiger charge is 2.29. The molecular weight excluding hydrogens is 274 g/mol. The van der Waals surface area contributed by atoms with Crippen LogP contribution in [0.5, 0.6) is 0 Å². The largest absolute Gasteiger partial charge is 0.451 e. The van der Waals surface area contributed by atoms with Gasteiger partial charge in [0.2, 0.25) is 0 Å². The Hall–Kier alpha value is -1.48. The molecule has 1 aliphatic rings. The predicted octanol–water partition coefficient (Wildman–Crippen LogP) is 3.83. The van der Waals surface area contributed by atoms with Gasteiger partial charge in [-0.15, -0.1) is 11.6 Å². The number of aryl methyl sites for hydroxylation is 1. The molecule has 4 heteroatoms. The third-order valence-corrected chi connectivity index (χ3v) is 4.60. The fourth-order valence-electron chi connectivity index (χ4n) is 2.63. The van der Waals surface area contributed by atoms with E-state index in [1.807, 2.05) is 31.2 Å². The van der Waals surface area contributed by atoms with Crippen LogP contribution < -0.4 is 0 Å². The lowest BCUT2D eigenvalue weighted by atomic mass is 9.98. The van der Waals surface area contributed by atoms with Gasteiger partial charge in [0.15, 0.2) is 5.76 Å². The quantitative estimate of drug-likeness (QED) is 0.748. The normalized spacial score (nSPS) is 23.2. The van der Waals surface area contributed by atoms with Gasteiger partial charge >= 0.3 is 0 Å². The number of benzene rings is 1. The van der Waals surface area contributed by atoms with E-state index in [1.54, 1.807) is 4.90 Å². The Morgan fingerprint density at radius 3 is 2.95 bits per heavy atom. The average molecular weight is 292 g/mol. The molecule has 106 valence electrons. The zero-order valence-corrected chi connectivity index (χ0v) is 12.5. The second kappa shape index (κ2) is 5.13. The molecule has 0 bridgehead atoms. The Morgan fingerprint density at radius 1 is 1.40 bits per heavy atom. The topological polar surface area (TPSA) is 33.5 Å². The number of carbonyl (C=O) groups is 1. The third kappa shape index (κ3) is 2.42. The summed E-state index contributed by atoms with van der Waals surface area (Å²) in [6, 6.07) is 7.74. The molecular formula is C16H18ClNO2. The summed E-state index contributed by atoms with van der Waals surface area (Å²) in [6.07, 6.45) is 0.944. The third-order valence-electron chi connectivity index (χ3n) is 4.04. The van der Waals surface area contributed by atoms with Gasteiger partial charge < -0.3 is 9.32 Å². The van der Waals surface area contributed by atoms with Gasteiger partial charge in [-0.1, -0.05) is 18.6 Å². The van der Waals surface area contributed by atoms with Crippen molar-refractivity contribution in [1.82, 2.24) is 4.90 Å². The van der Waals surface area contributed by atoms with Crippen LogP contribution in [0.1, 0.15) is 29.5 Å². The smallest absolute Gasteiger partial charge is 0.289 e. The number of hydrogen-bond acceptors (Lipinski definition) is 2. The highest BCUT2D eigenvalue weighted by atomic mass is 35.5. The fourth-order valence-corrected chi connectivity index (χ4v) is 2.92. The summed E-state index contributed by atoms with van der Waals surface area (Å²) in [4.78, 5) is 14.3. The van der Waals surface area contributed by atoms with Crippen LogP contribution in [0.2, 0.25) is 0 Å². The minimum atomic E-state index is -0.0589. The molecule has 0 aliphatic carbocycles. The second-order valence-corrected chi connectivity index (χ2v) is 6.25. The lowest BCUT2D eigenvalue weighted by Crippen LogP contribution is -2.43. The summed E-state index contributed by atoms with van der Waals surface area (Å²) in [5, 5.41) is 1.00. The summed E-state index contributed by atoms with van der Waals surface area (Å²) in [6.45, 7) is 5.50. The molecule has 0 N–H and O–H groups in total. The first-order valence-corrected chi connectivity index (χ1v) is 7.42. The molecule has 0 radical (unpaired) electrons. The van der Waals surface area contributed by atoms with Crippen molar-refractivity contribution in [2.24, 2.45) is 5.92 Å². The number of fused-ring (bicyclic) bond motifs is 1. The lowest BCUT2D eigenvalue weighted by molar-refractivity contribution is 0.0671. The molecule has 1 amide bonds. The number of hydrogen-bond donors (Lipinski definition) is 0. The molecule has 1 saturated heterocycles. The van der Waals surface area contributed by atoms with Gasteiger partial charge in [-0.25, -0.2) is 0 Å². The van der Waals surface area contributed by atoms with Crippen molar-refractivity contribution in [2.45, 2.75) is 25.6 Å². The number of alkyl halides is 1. The van der Waals surface area contributed by atoms with Gasteiger partial charge in [-0.05, 0) is 37.5 Å². The van der Waals surface area contributed by atoms with Gasteiger partial charge in [-0.2, -0.15) is 0 Å². The number of halogens is 1. The van der Waals surface area contributed by atoms with Crippen molar-refractivity contribution in [1.29, 1.82) is 0 Å². The van der Waals surface area contributed by atoms with Gasteiger partial charge in [0.05, 0.1) is 5.38 Å². The van der Waals surface area contributed by atoms with E-state index in [9.17, 15) is 4.79 Å². The van der Waals surface area contributed by atoms with Gasteiger partial charge in [0, 0.05) is 18.5 Å². The summed E-state index contributed by atoms with van der Waals surface area (Å²) >= 11 is 6.27. The summed E-state index contributed by atoms with van der Waals surface area (Å²) in [5.74, 6) is 0.805. The van der Waals surface area contributed by atoms with Crippen LogP contribution in [-0.2, 0) is 0 Å². The number of amides is 1. The van der Waals surface area contributed by atoms with Crippen LogP contribution in [0.3, 0.4) is 0 Å². The molecule has 1 fully saturated rings. The fraction of sp³-hybridized carbons (Fsp3) is 0.438. The number of nitrogens with zero attached hydrogens (tertiary/aromatic N) is 1. The monoisotopic (exact) mass is 291 g/mol. The number of piperidine rings is 1. The van der Waals surface area contributed by atoms with Crippen molar-refractivity contribution in [3.05, 3.63) is 35.6 Å². The SMILES string of the molecule is Cc1ccc2oc(C(=O)N3CCC(C)C(Cl)C3)cc2c1. The molecule has 0 spiro atoms. The highest BCUT2D eigenvalue weighted by molar-refractivity contribution is 6.21. The van der Waals surface area contributed by atoms with E-state index >= 15 is 0 Å². The van der Waals surface area contributed by atoms with Crippen LogP contribution >= 0.6 is 11.6 Å². The molecule has 0 saturated carbocycles. The Bertz CT molecular complexity index is 649. The van der Waals surface area contributed by atoms with Crippen molar-refractivity contribution >= 4 is 28.5 Å². The molecule has 2 aromatic rings. The molecule has 2 unspecified atom stereocenters. The Balaban J connectivity index is 1.85. The zero-order chi connectivity index (χ0) is 14.3. The lowest BCUT2D eigenvalue weighted by Gasteiger charge is -2.33. The van der Waals surface area contributed by atoms with E-state index in [0.717, 1.165) is 29.5 Å². The first-order valence-electron chi connectivity index (χ1n) is 6.98. The van der Waals surface area contributed by atoms with E-state index in [2.05, 4.69) is 6.92 Å². The Labute approximate surface area is 123 Å². The molecule has 1 aromatic carbocycles. The Kier molecular flexibility index (Phi) is 3.47. The first kappa shape index (κ1) is 13.5. The highest BCUT2D eigenvalue weighted by Crippen LogP contribution is 2.25. The average Bonchev–Trinajstić information content (AvgIpc) is 2.84. The Morgan fingerprint density at radius 2 is 2.20 bits per heavy atom. The molecule has 3 nitrogen and oxygen atoms in total. The maximum atomic E-state index is 12.5. The van der Waals surface area contributed by atoms with Crippen molar-refractivity contribution < 1.29 is 9.21 Å². The summed E-state index contributed by atoms with van der Waals surface area (Å²) in [5.41, 5.74) is 1.91. The molecule has 1 aromatic heterocycles. The van der Waals surface area contributed by atoms with E-state index < -0.39 is 0 Å². The molecule has 1 aliphatic heterocycles. The number of likely N-dealkylation sites (tertiary alicyclic amines) is 1. The van der Waals surface area contributed by atoms with Gasteiger partial charge in [-0.3, -0.25) is 4.79 Å². The van der Waals surface area contributed by atoms with Crippen LogP contribution in [0.15, 0.2) is 28.7 Å². The standard InChI is InChI=1S/C16H18ClNO2/c1-10-3-4-14-12(7-10)8-15(20-14)16(19)18-6-5-11(2)13(17)9-18/h3-4,7-8,11,13H,5-6,9H2,1-2H3. The molecule has 20 heavy (non-hydrogen) atoms. The summed E-state index contributed by atoms with van der Waals surface area (Å²) < 4.78 is 5.67. The van der Waals surface area contributed by atoms with Crippen LogP contribution in [0, 0.1) is 12.8 Å². The van der Waals surface area contributed by atoms with E-state index in [4.69, 9.17) is 16.0 Å². The minimum Gasteiger partial charge on any atom is -0.451 e. The van der Waals surface area contributed by atoms with Crippen LogP contribution in [0.25, 0.3) is 11.0 Å². The minimum absolute atomic E-state index is 0.0272. The van der Waals surface area contributed by atoms with Gasteiger partial charge in [0.25, 0.3) is 5.91 Å². The zero-order valence-electron chi connectivity index (χ0n) is 11.7. The van der Waals surface area contributed by atoms with Crippen molar-refractivity contribution in [3.8, 4) is 0 Å². The molecule has 2 heterocycles. The number of furan rings is 1.